The van der Waals surface area contributed by atoms with Gasteiger partial charge >= 0.3 is 0 Å². The van der Waals surface area contributed by atoms with Gasteiger partial charge in [0.25, 0.3) is 0 Å². The summed E-state index contributed by atoms with van der Waals surface area (Å²) in [5, 5.41) is 6.56. The molecule has 0 atom stereocenters. The van der Waals surface area contributed by atoms with Gasteiger partial charge in [0, 0.05) is 26.2 Å². The molecule has 0 spiro atoms. The van der Waals surface area contributed by atoms with Gasteiger partial charge in [-0.05, 0) is 15.9 Å². The number of nitrogens with one attached hydrogen (secondary N) is 1. The third kappa shape index (κ3) is 2.65. The lowest BCUT2D eigenvalue weighted by Crippen LogP contribution is -2.19. The van der Waals surface area contributed by atoms with Gasteiger partial charge in [0.05, 0.1) is 10.7 Å². The van der Waals surface area contributed by atoms with E-state index >= 15 is 0 Å². The Hall–Kier alpha value is -0.840. The topological polar surface area (TPSA) is 46.9 Å². The van der Waals surface area contributed by atoms with Gasteiger partial charge in [0.15, 0.2) is 0 Å². The van der Waals surface area contributed by atoms with Crippen LogP contribution in [0.3, 0.4) is 0 Å². The zero-order valence-corrected chi connectivity index (χ0v) is 8.34. The van der Waals surface area contributed by atoms with E-state index in [-0.39, 0.29) is 5.91 Å². The highest BCUT2D eigenvalue weighted by Gasteiger charge is 1.99. The summed E-state index contributed by atoms with van der Waals surface area (Å²) in [4.78, 5) is 10.8. The maximum atomic E-state index is 10.8. The van der Waals surface area contributed by atoms with Crippen molar-refractivity contribution in [1.82, 2.24) is 15.1 Å². The van der Waals surface area contributed by atoms with Crippen LogP contribution in [0.15, 0.2) is 16.9 Å². The number of aryl methyl sites for hydroxylation is 1. The van der Waals surface area contributed by atoms with Gasteiger partial charge in [-0.3, -0.25) is 9.48 Å². The predicted molar refractivity (Wildman–Crippen MR) is 48.6 cm³/mol. The summed E-state index contributed by atoms with van der Waals surface area (Å²) in [6, 6.07) is 0. The van der Waals surface area contributed by atoms with Crippen LogP contribution < -0.4 is 5.32 Å². The highest BCUT2D eigenvalue weighted by Crippen LogP contribution is 2.06. The molecular weight excluding hydrogens is 222 g/mol. The van der Waals surface area contributed by atoms with Gasteiger partial charge in [-0.1, -0.05) is 0 Å². The first-order chi connectivity index (χ1) is 5.72. The number of aromatic nitrogens is 2. The summed E-state index contributed by atoms with van der Waals surface area (Å²) < 4.78 is 2.65. The fourth-order valence-corrected chi connectivity index (χ4v) is 1.13. The summed E-state index contributed by atoms with van der Waals surface area (Å²) in [6.45, 7) is 0.616. The Bertz CT molecular complexity index is 271. The quantitative estimate of drug-likeness (QED) is 0.837. The van der Waals surface area contributed by atoms with Crippen molar-refractivity contribution in [2.45, 2.75) is 13.0 Å². The number of hydrogen-bond acceptors (Lipinski definition) is 2. The molecule has 0 unspecified atom stereocenters. The average Bonchev–Trinajstić information content (AvgIpc) is 2.47. The molecule has 0 aliphatic rings. The van der Waals surface area contributed by atoms with Crippen LogP contribution in [-0.2, 0) is 11.3 Å². The minimum atomic E-state index is 0.0293. The van der Waals surface area contributed by atoms with Crippen molar-refractivity contribution in [2.24, 2.45) is 0 Å². The van der Waals surface area contributed by atoms with E-state index in [9.17, 15) is 4.79 Å². The molecule has 1 amide bonds. The summed E-state index contributed by atoms with van der Waals surface area (Å²) in [6.07, 6.45) is 4.00. The second-order valence-corrected chi connectivity index (χ2v) is 3.26. The molecule has 0 saturated carbocycles. The molecule has 0 aliphatic carbocycles. The van der Waals surface area contributed by atoms with Crippen LogP contribution in [-0.4, -0.2) is 22.7 Å². The van der Waals surface area contributed by atoms with Crippen molar-refractivity contribution >= 4 is 21.8 Å². The monoisotopic (exact) mass is 231 g/mol. The van der Waals surface area contributed by atoms with E-state index < -0.39 is 0 Å². The van der Waals surface area contributed by atoms with Crippen LogP contribution in [0.4, 0.5) is 0 Å². The fourth-order valence-electron chi connectivity index (χ4n) is 0.802. The summed E-state index contributed by atoms with van der Waals surface area (Å²) in [5.74, 6) is 0.0293. The lowest BCUT2D eigenvalue weighted by Gasteiger charge is -1.99. The van der Waals surface area contributed by atoms with Gasteiger partial charge in [-0.2, -0.15) is 5.10 Å². The molecule has 0 saturated heterocycles. The molecule has 4 nitrogen and oxygen atoms in total. The highest BCUT2D eigenvalue weighted by molar-refractivity contribution is 9.10. The van der Waals surface area contributed by atoms with E-state index in [2.05, 4.69) is 26.3 Å². The van der Waals surface area contributed by atoms with Crippen molar-refractivity contribution in [3.63, 3.8) is 0 Å². The van der Waals surface area contributed by atoms with E-state index in [1.807, 2.05) is 6.20 Å². The van der Waals surface area contributed by atoms with Crippen LogP contribution in [0.5, 0.6) is 0 Å². The van der Waals surface area contributed by atoms with Gasteiger partial charge in [0.2, 0.25) is 5.91 Å². The molecule has 1 N–H and O–H groups in total. The second kappa shape index (κ2) is 4.25. The van der Waals surface area contributed by atoms with Crippen LogP contribution in [0.2, 0.25) is 0 Å². The Kier molecular flexibility index (Phi) is 3.28. The first-order valence-electron chi connectivity index (χ1n) is 3.61. The Morgan fingerprint density at radius 3 is 3.08 bits per heavy atom. The molecule has 66 valence electrons. The molecule has 1 heterocycles. The predicted octanol–water partition coefficient (Wildman–Crippen LogP) is 0.782. The Balaban J connectivity index is 2.38. The number of hydrogen-bond donors (Lipinski definition) is 1. The average molecular weight is 232 g/mol. The molecule has 0 radical (unpaired) electrons. The molecule has 1 aromatic heterocycles. The van der Waals surface area contributed by atoms with Crippen molar-refractivity contribution in [1.29, 1.82) is 0 Å². The van der Waals surface area contributed by atoms with Crippen LogP contribution in [0.1, 0.15) is 6.42 Å². The van der Waals surface area contributed by atoms with Crippen LogP contribution in [0.25, 0.3) is 0 Å². The molecular formula is C7H10BrN3O. The van der Waals surface area contributed by atoms with Crippen molar-refractivity contribution in [2.75, 3.05) is 7.05 Å². The Morgan fingerprint density at radius 1 is 1.83 bits per heavy atom. The third-order valence-corrected chi connectivity index (χ3v) is 1.86. The molecule has 1 rings (SSSR count). The Morgan fingerprint density at radius 2 is 2.58 bits per heavy atom. The molecule has 0 fully saturated rings. The fraction of sp³-hybridized carbons (Fsp3) is 0.429. The minimum Gasteiger partial charge on any atom is -0.359 e. The molecule has 5 heteroatoms. The number of carbonyl (C=O) groups excluding carboxylic acids is 1. The van der Waals surface area contributed by atoms with Gasteiger partial charge < -0.3 is 5.32 Å². The molecule has 0 bridgehead atoms. The number of rotatable bonds is 3. The van der Waals surface area contributed by atoms with E-state index in [0.29, 0.717) is 13.0 Å². The highest BCUT2D eigenvalue weighted by atomic mass is 79.9. The number of halogens is 1. The Labute approximate surface area is 79.1 Å². The van der Waals surface area contributed by atoms with Crippen LogP contribution >= 0.6 is 15.9 Å². The van der Waals surface area contributed by atoms with Crippen LogP contribution in [0, 0.1) is 0 Å². The lowest BCUT2D eigenvalue weighted by atomic mass is 10.4. The minimum absolute atomic E-state index is 0.0293. The van der Waals surface area contributed by atoms with E-state index in [1.54, 1.807) is 17.9 Å². The zero-order valence-electron chi connectivity index (χ0n) is 6.75. The molecule has 0 aromatic carbocycles. The van der Waals surface area contributed by atoms with Gasteiger partial charge in [-0.25, -0.2) is 0 Å². The largest absolute Gasteiger partial charge is 0.359 e. The van der Waals surface area contributed by atoms with Crippen molar-refractivity contribution < 1.29 is 4.79 Å². The second-order valence-electron chi connectivity index (χ2n) is 2.34. The van der Waals surface area contributed by atoms with Crippen molar-refractivity contribution in [3.8, 4) is 0 Å². The first kappa shape index (κ1) is 9.25. The van der Waals surface area contributed by atoms with Gasteiger partial charge in [0.1, 0.15) is 0 Å². The van der Waals surface area contributed by atoms with Gasteiger partial charge in [-0.15, -0.1) is 0 Å². The van der Waals surface area contributed by atoms with Crippen molar-refractivity contribution in [3.05, 3.63) is 16.9 Å². The first-order valence-corrected chi connectivity index (χ1v) is 4.40. The normalized spacial score (nSPS) is 9.83. The summed E-state index contributed by atoms with van der Waals surface area (Å²) in [5.41, 5.74) is 0. The molecule has 0 aliphatic heterocycles. The number of nitrogens with zero attached hydrogens (tertiary/aromatic N) is 2. The molecule has 1 aromatic rings. The standard InChI is InChI=1S/C7H10BrN3O/c1-9-7(12)2-3-11-5-6(8)4-10-11/h4-5H,2-3H2,1H3,(H,9,12). The summed E-state index contributed by atoms with van der Waals surface area (Å²) in [7, 11) is 1.63. The number of carbonyl (C=O) groups is 1. The maximum absolute atomic E-state index is 10.8. The van der Waals surface area contributed by atoms with E-state index in [0.717, 1.165) is 4.47 Å². The van der Waals surface area contributed by atoms with E-state index in [1.165, 1.54) is 0 Å². The lowest BCUT2D eigenvalue weighted by molar-refractivity contribution is -0.120. The number of amides is 1. The van der Waals surface area contributed by atoms with E-state index in [4.69, 9.17) is 0 Å². The smallest absolute Gasteiger partial charge is 0.221 e. The molecule has 12 heavy (non-hydrogen) atoms. The SMILES string of the molecule is CNC(=O)CCn1cc(Br)cn1. The summed E-state index contributed by atoms with van der Waals surface area (Å²) >= 11 is 3.27. The third-order valence-electron chi connectivity index (χ3n) is 1.45. The maximum Gasteiger partial charge on any atom is 0.221 e. The zero-order chi connectivity index (χ0) is 8.97.